The van der Waals surface area contributed by atoms with Crippen molar-refractivity contribution in [2.24, 2.45) is 5.73 Å². The Labute approximate surface area is 110 Å². The van der Waals surface area contributed by atoms with E-state index in [1.807, 2.05) is 11.8 Å². The van der Waals surface area contributed by atoms with Gasteiger partial charge in [-0.2, -0.15) is 0 Å². The van der Waals surface area contributed by atoms with Crippen LogP contribution in [0.25, 0.3) is 0 Å². The van der Waals surface area contributed by atoms with Gasteiger partial charge in [-0.1, -0.05) is 38.8 Å². The molecule has 0 unspecified atom stereocenters. The number of rotatable bonds is 6. The Balaban J connectivity index is 0.00000225. The van der Waals surface area contributed by atoms with Crippen molar-refractivity contribution in [3.05, 3.63) is 29.8 Å². The van der Waals surface area contributed by atoms with Gasteiger partial charge in [0.1, 0.15) is 0 Å². The van der Waals surface area contributed by atoms with Crippen LogP contribution in [-0.4, -0.2) is 5.75 Å². The summed E-state index contributed by atoms with van der Waals surface area (Å²) in [6.07, 6.45) is 3.53. The molecule has 0 bridgehead atoms. The maximum Gasteiger partial charge on any atom is 0.0294 e. The lowest BCUT2D eigenvalue weighted by molar-refractivity contribution is 0.603. The molecule has 0 saturated carbocycles. The third-order valence-corrected chi connectivity index (χ3v) is 3.38. The third kappa shape index (κ3) is 5.24. The molecule has 1 rings (SSSR count). The average Bonchev–Trinajstić information content (AvgIpc) is 2.27. The summed E-state index contributed by atoms with van der Waals surface area (Å²) in [6.45, 7) is 4.37. The van der Waals surface area contributed by atoms with E-state index in [9.17, 15) is 0 Å². The van der Waals surface area contributed by atoms with Crippen molar-refractivity contribution in [2.45, 2.75) is 44.0 Å². The predicted octanol–water partition coefficient (Wildman–Crippen LogP) is 4.41. The van der Waals surface area contributed by atoms with Crippen molar-refractivity contribution in [2.75, 3.05) is 5.75 Å². The summed E-state index contributed by atoms with van der Waals surface area (Å²) >= 11 is 1.87. The normalized spacial score (nSPS) is 11.9. The lowest BCUT2D eigenvalue weighted by Gasteiger charge is -2.11. The molecule has 3 heteroatoms. The fraction of sp³-hybridized carbons (Fsp3) is 0.538. The minimum absolute atomic E-state index is 0. The van der Waals surface area contributed by atoms with Crippen LogP contribution in [0.2, 0.25) is 0 Å². The summed E-state index contributed by atoms with van der Waals surface area (Å²) in [4.78, 5) is 1.34. The lowest BCUT2D eigenvalue weighted by atomic mass is 10.0. The van der Waals surface area contributed by atoms with Gasteiger partial charge in [-0.15, -0.1) is 24.2 Å². The highest BCUT2D eigenvalue weighted by molar-refractivity contribution is 7.99. The molecule has 0 amide bonds. The SMILES string of the molecule is CCCC[C@@H](N)c1ccc(SCC)cc1.Cl. The van der Waals surface area contributed by atoms with Crippen LogP contribution < -0.4 is 5.73 Å². The molecule has 1 atom stereocenters. The molecule has 0 spiro atoms. The van der Waals surface area contributed by atoms with Crippen LogP contribution in [0, 0.1) is 0 Å². The zero-order valence-electron chi connectivity index (χ0n) is 10.1. The highest BCUT2D eigenvalue weighted by Crippen LogP contribution is 2.22. The van der Waals surface area contributed by atoms with Crippen LogP contribution in [0.5, 0.6) is 0 Å². The molecule has 0 fully saturated rings. The van der Waals surface area contributed by atoms with E-state index in [-0.39, 0.29) is 18.4 Å². The number of halogens is 1. The van der Waals surface area contributed by atoms with E-state index in [0.717, 1.165) is 12.2 Å². The zero-order valence-corrected chi connectivity index (χ0v) is 11.7. The number of nitrogens with two attached hydrogens (primary N) is 1. The minimum Gasteiger partial charge on any atom is -0.324 e. The first-order valence-electron chi connectivity index (χ1n) is 5.76. The van der Waals surface area contributed by atoms with Crippen LogP contribution in [0.15, 0.2) is 29.2 Å². The molecular formula is C13H22ClNS. The van der Waals surface area contributed by atoms with Gasteiger partial charge in [0.2, 0.25) is 0 Å². The summed E-state index contributed by atoms with van der Waals surface area (Å²) < 4.78 is 0. The fourth-order valence-electron chi connectivity index (χ4n) is 1.57. The standard InChI is InChI=1S/C13H21NS.ClH/c1-3-5-6-13(14)11-7-9-12(10-8-11)15-4-2;/h7-10,13H,3-6,14H2,1-2H3;1H/t13-;/m1./s1. The molecule has 0 aromatic heterocycles. The summed E-state index contributed by atoms with van der Waals surface area (Å²) in [5.41, 5.74) is 7.37. The molecule has 1 aromatic rings. The van der Waals surface area contributed by atoms with E-state index in [1.165, 1.54) is 23.3 Å². The molecule has 1 aromatic carbocycles. The van der Waals surface area contributed by atoms with E-state index in [4.69, 9.17) is 5.73 Å². The van der Waals surface area contributed by atoms with Gasteiger partial charge in [0, 0.05) is 10.9 Å². The lowest BCUT2D eigenvalue weighted by Crippen LogP contribution is -2.09. The van der Waals surface area contributed by atoms with Crippen LogP contribution >= 0.6 is 24.2 Å². The Hall–Kier alpha value is -0.180. The van der Waals surface area contributed by atoms with Crippen molar-refractivity contribution >= 4 is 24.2 Å². The molecule has 0 aliphatic carbocycles. The van der Waals surface area contributed by atoms with Crippen LogP contribution in [-0.2, 0) is 0 Å². The Morgan fingerprint density at radius 2 is 1.81 bits per heavy atom. The van der Waals surface area contributed by atoms with Crippen molar-refractivity contribution in [3.8, 4) is 0 Å². The number of hydrogen-bond donors (Lipinski definition) is 1. The Morgan fingerprint density at radius 1 is 1.19 bits per heavy atom. The maximum atomic E-state index is 6.10. The van der Waals surface area contributed by atoms with E-state index in [1.54, 1.807) is 0 Å². The zero-order chi connectivity index (χ0) is 11.1. The van der Waals surface area contributed by atoms with Gasteiger partial charge >= 0.3 is 0 Å². The predicted molar refractivity (Wildman–Crippen MR) is 76.5 cm³/mol. The molecule has 0 saturated heterocycles. The van der Waals surface area contributed by atoms with E-state index in [2.05, 4.69) is 38.1 Å². The Kier molecular flexibility index (Phi) is 8.81. The molecule has 16 heavy (non-hydrogen) atoms. The molecule has 0 radical (unpaired) electrons. The van der Waals surface area contributed by atoms with Crippen molar-refractivity contribution in [3.63, 3.8) is 0 Å². The second-order valence-electron chi connectivity index (χ2n) is 3.75. The van der Waals surface area contributed by atoms with Gasteiger partial charge in [-0.05, 0) is 29.9 Å². The monoisotopic (exact) mass is 259 g/mol. The van der Waals surface area contributed by atoms with Crippen LogP contribution in [0.3, 0.4) is 0 Å². The highest BCUT2D eigenvalue weighted by Gasteiger charge is 2.04. The van der Waals surface area contributed by atoms with Gasteiger partial charge in [0.15, 0.2) is 0 Å². The van der Waals surface area contributed by atoms with E-state index < -0.39 is 0 Å². The largest absolute Gasteiger partial charge is 0.324 e. The van der Waals surface area contributed by atoms with Crippen molar-refractivity contribution < 1.29 is 0 Å². The quantitative estimate of drug-likeness (QED) is 0.766. The molecule has 92 valence electrons. The number of hydrogen-bond acceptors (Lipinski definition) is 2. The van der Waals surface area contributed by atoms with Crippen LogP contribution in [0.1, 0.15) is 44.7 Å². The maximum absolute atomic E-state index is 6.10. The fourth-order valence-corrected chi connectivity index (χ4v) is 2.23. The summed E-state index contributed by atoms with van der Waals surface area (Å²) in [5, 5.41) is 0. The molecule has 2 N–H and O–H groups in total. The number of thioether (sulfide) groups is 1. The minimum atomic E-state index is 0. The second-order valence-corrected chi connectivity index (χ2v) is 5.09. The smallest absolute Gasteiger partial charge is 0.0294 e. The van der Waals surface area contributed by atoms with Crippen molar-refractivity contribution in [1.82, 2.24) is 0 Å². The summed E-state index contributed by atoms with van der Waals surface area (Å²) in [7, 11) is 0. The third-order valence-electron chi connectivity index (χ3n) is 2.49. The van der Waals surface area contributed by atoms with Gasteiger partial charge in [-0.3, -0.25) is 0 Å². The van der Waals surface area contributed by atoms with Gasteiger partial charge < -0.3 is 5.73 Å². The average molecular weight is 260 g/mol. The number of benzene rings is 1. The van der Waals surface area contributed by atoms with Gasteiger partial charge in [0.05, 0.1) is 0 Å². The first kappa shape index (κ1) is 15.8. The van der Waals surface area contributed by atoms with E-state index >= 15 is 0 Å². The molecule has 0 aliphatic rings. The topological polar surface area (TPSA) is 26.0 Å². The first-order valence-corrected chi connectivity index (χ1v) is 6.74. The first-order chi connectivity index (χ1) is 7.27. The van der Waals surface area contributed by atoms with Crippen LogP contribution in [0.4, 0.5) is 0 Å². The highest BCUT2D eigenvalue weighted by atomic mass is 35.5. The Bertz CT molecular complexity index is 274. The summed E-state index contributed by atoms with van der Waals surface area (Å²) in [5.74, 6) is 1.13. The second kappa shape index (κ2) is 8.91. The molecular weight excluding hydrogens is 238 g/mol. The molecule has 0 aliphatic heterocycles. The number of unbranched alkanes of at least 4 members (excludes halogenated alkanes) is 1. The van der Waals surface area contributed by atoms with Gasteiger partial charge in [-0.25, -0.2) is 0 Å². The Morgan fingerprint density at radius 3 is 2.31 bits per heavy atom. The van der Waals surface area contributed by atoms with Gasteiger partial charge in [0.25, 0.3) is 0 Å². The molecule has 1 nitrogen and oxygen atoms in total. The van der Waals surface area contributed by atoms with Crippen molar-refractivity contribution in [1.29, 1.82) is 0 Å². The molecule has 0 heterocycles. The van der Waals surface area contributed by atoms with E-state index in [0.29, 0.717) is 0 Å². The summed E-state index contributed by atoms with van der Waals surface area (Å²) in [6, 6.07) is 8.90.